The lowest BCUT2D eigenvalue weighted by Crippen LogP contribution is -1.98. The summed E-state index contributed by atoms with van der Waals surface area (Å²) in [5.74, 6) is 0.00685. The second kappa shape index (κ2) is 5.19. The van der Waals surface area contributed by atoms with Gasteiger partial charge in [-0.2, -0.15) is 4.31 Å². The molecular formula is C5H9N3O7P2. The first-order chi connectivity index (χ1) is 7.68. The standard InChI is InChI=1S/C5H9N3O7P2/c6-5-7-1-4(2-8-5)3-14-17(12,13)15-16(9,10)11/h1-2H,3H2,(H,12,13)(H2,6,7,8)(H2,9,10,11). The summed E-state index contributed by atoms with van der Waals surface area (Å²) in [7, 11) is -9.95. The van der Waals surface area contributed by atoms with Crippen molar-refractivity contribution in [3.63, 3.8) is 0 Å². The van der Waals surface area contributed by atoms with Gasteiger partial charge in [-0.1, -0.05) is 0 Å². The third kappa shape index (κ3) is 5.85. The maximum Gasteiger partial charge on any atom is 0.481 e. The van der Waals surface area contributed by atoms with Crippen molar-refractivity contribution in [1.29, 1.82) is 0 Å². The highest BCUT2D eigenvalue weighted by Gasteiger charge is 2.32. The van der Waals surface area contributed by atoms with Gasteiger partial charge in [-0.05, 0) is 0 Å². The molecule has 0 fully saturated rings. The number of aromatic nitrogens is 2. The van der Waals surface area contributed by atoms with Crippen LogP contribution in [-0.4, -0.2) is 24.6 Å². The summed E-state index contributed by atoms with van der Waals surface area (Å²) in [5, 5.41) is 0. The van der Waals surface area contributed by atoms with Crippen molar-refractivity contribution in [2.75, 3.05) is 5.73 Å². The Morgan fingerprint density at radius 1 is 1.24 bits per heavy atom. The normalized spacial score (nSPS) is 15.5. The molecule has 12 heteroatoms. The van der Waals surface area contributed by atoms with Gasteiger partial charge < -0.3 is 20.4 Å². The van der Waals surface area contributed by atoms with Gasteiger partial charge in [0.2, 0.25) is 5.95 Å². The minimum atomic E-state index is -5.11. The van der Waals surface area contributed by atoms with Gasteiger partial charge in [-0.15, -0.1) is 0 Å². The lowest BCUT2D eigenvalue weighted by Gasteiger charge is -2.11. The Bertz CT molecular complexity index is 471. The van der Waals surface area contributed by atoms with Crippen molar-refractivity contribution >= 4 is 21.6 Å². The molecule has 1 rings (SSSR count). The van der Waals surface area contributed by atoms with E-state index in [1.807, 2.05) is 0 Å². The quantitative estimate of drug-likeness (QED) is 0.531. The average molecular weight is 285 g/mol. The Labute approximate surface area is 95.3 Å². The zero-order chi connectivity index (χ0) is 13.1. The van der Waals surface area contributed by atoms with Gasteiger partial charge in [-0.25, -0.2) is 19.1 Å². The number of phosphoric acid groups is 2. The molecule has 0 spiro atoms. The van der Waals surface area contributed by atoms with Crippen LogP contribution in [0.2, 0.25) is 0 Å². The fourth-order valence-electron chi connectivity index (χ4n) is 0.753. The molecule has 0 saturated heterocycles. The predicted octanol–water partition coefficient (Wildman–Crippen LogP) is -0.215. The smallest absolute Gasteiger partial charge is 0.368 e. The lowest BCUT2D eigenvalue weighted by molar-refractivity contribution is 0.172. The number of nitrogens with zero attached hydrogens (tertiary/aromatic N) is 2. The summed E-state index contributed by atoms with van der Waals surface area (Å²) < 4.78 is 29.2. The molecule has 5 N–H and O–H groups in total. The van der Waals surface area contributed by atoms with Crippen LogP contribution in [-0.2, 0) is 24.6 Å². The van der Waals surface area contributed by atoms with Gasteiger partial charge in [0, 0.05) is 18.0 Å². The van der Waals surface area contributed by atoms with Crippen LogP contribution in [0.3, 0.4) is 0 Å². The number of hydrogen-bond acceptors (Lipinski definition) is 7. The zero-order valence-corrected chi connectivity index (χ0v) is 9.99. The number of nitrogens with two attached hydrogens (primary N) is 1. The first-order valence-electron chi connectivity index (χ1n) is 3.98. The van der Waals surface area contributed by atoms with Crippen LogP contribution in [0.1, 0.15) is 5.56 Å². The summed E-state index contributed by atoms with van der Waals surface area (Å²) in [6.07, 6.45) is 2.44. The molecule has 0 aliphatic carbocycles. The summed E-state index contributed by atoms with van der Waals surface area (Å²) in [4.78, 5) is 32.7. The van der Waals surface area contributed by atoms with Crippen molar-refractivity contribution in [1.82, 2.24) is 9.97 Å². The summed E-state index contributed by atoms with van der Waals surface area (Å²) in [5.41, 5.74) is 5.48. The summed E-state index contributed by atoms with van der Waals surface area (Å²) in [6, 6.07) is 0. The minimum absolute atomic E-state index is 0.00685. The molecule has 0 aromatic carbocycles. The number of phosphoric ester groups is 1. The van der Waals surface area contributed by atoms with Crippen molar-refractivity contribution in [2.45, 2.75) is 6.61 Å². The van der Waals surface area contributed by atoms with Gasteiger partial charge in [0.25, 0.3) is 0 Å². The number of nitrogen functional groups attached to an aromatic ring is 1. The molecule has 1 aromatic rings. The van der Waals surface area contributed by atoms with Gasteiger partial charge in [0.05, 0.1) is 6.61 Å². The van der Waals surface area contributed by atoms with Crippen molar-refractivity contribution < 1.29 is 32.6 Å². The van der Waals surface area contributed by atoms with Crippen LogP contribution >= 0.6 is 15.6 Å². The largest absolute Gasteiger partial charge is 0.481 e. The van der Waals surface area contributed by atoms with E-state index in [-0.39, 0.29) is 11.5 Å². The molecule has 1 unspecified atom stereocenters. The van der Waals surface area contributed by atoms with Crippen LogP contribution < -0.4 is 5.73 Å². The van der Waals surface area contributed by atoms with E-state index in [2.05, 4.69) is 18.8 Å². The lowest BCUT2D eigenvalue weighted by atomic mass is 10.4. The first kappa shape index (κ1) is 14.2. The molecule has 10 nitrogen and oxygen atoms in total. The Kier molecular flexibility index (Phi) is 4.34. The molecule has 96 valence electrons. The highest BCUT2D eigenvalue weighted by atomic mass is 31.3. The average Bonchev–Trinajstić information content (AvgIpc) is 2.13. The number of anilines is 1. The third-order valence-electron chi connectivity index (χ3n) is 1.33. The Hall–Kier alpha value is -0.860. The fourth-order valence-corrected chi connectivity index (χ4v) is 2.33. The van der Waals surface area contributed by atoms with Gasteiger partial charge >= 0.3 is 15.6 Å². The molecule has 0 saturated carbocycles. The highest BCUT2D eigenvalue weighted by molar-refractivity contribution is 7.60. The van der Waals surface area contributed by atoms with Gasteiger partial charge in [-0.3, -0.25) is 4.52 Å². The monoisotopic (exact) mass is 285 g/mol. The third-order valence-corrected chi connectivity index (χ3v) is 3.46. The van der Waals surface area contributed by atoms with E-state index in [0.717, 1.165) is 0 Å². The molecule has 1 heterocycles. The van der Waals surface area contributed by atoms with Crippen LogP contribution in [0, 0.1) is 0 Å². The van der Waals surface area contributed by atoms with E-state index in [0.29, 0.717) is 0 Å². The number of rotatable bonds is 5. The fraction of sp³-hybridized carbons (Fsp3) is 0.200. The van der Waals surface area contributed by atoms with E-state index in [1.165, 1.54) is 12.4 Å². The molecule has 0 aliphatic heterocycles. The van der Waals surface area contributed by atoms with Crippen LogP contribution in [0.5, 0.6) is 0 Å². The Morgan fingerprint density at radius 3 is 2.24 bits per heavy atom. The Morgan fingerprint density at radius 2 is 1.76 bits per heavy atom. The summed E-state index contributed by atoms with van der Waals surface area (Å²) >= 11 is 0. The van der Waals surface area contributed by atoms with Gasteiger partial charge in [0.15, 0.2) is 0 Å². The topological polar surface area (TPSA) is 165 Å². The summed E-state index contributed by atoms with van der Waals surface area (Å²) in [6.45, 7) is -0.464. The van der Waals surface area contributed by atoms with Crippen LogP contribution in [0.25, 0.3) is 0 Å². The molecular weight excluding hydrogens is 276 g/mol. The molecule has 1 atom stereocenters. The second-order valence-corrected chi connectivity index (χ2v) is 5.59. The van der Waals surface area contributed by atoms with E-state index < -0.39 is 22.3 Å². The number of hydrogen-bond donors (Lipinski definition) is 4. The molecule has 1 aromatic heterocycles. The molecule has 17 heavy (non-hydrogen) atoms. The van der Waals surface area contributed by atoms with Crippen molar-refractivity contribution in [3.8, 4) is 0 Å². The second-order valence-electron chi connectivity index (χ2n) is 2.76. The maximum atomic E-state index is 11.0. The van der Waals surface area contributed by atoms with E-state index >= 15 is 0 Å². The van der Waals surface area contributed by atoms with Gasteiger partial charge in [0.1, 0.15) is 0 Å². The first-order valence-corrected chi connectivity index (χ1v) is 7.01. The van der Waals surface area contributed by atoms with Crippen LogP contribution in [0.15, 0.2) is 12.4 Å². The molecule has 0 aliphatic rings. The molecule has 0 radical (unpaired) electrons. The minimum Gasteiger partial charge on any atom is -0.368 e. The van der Waals surface area contributed by atoms with E-state index in [1.54, 1.807) is 0 Å². The van der Waals surface area contributed by atoms with Crippen LogP contribution in [0.4, 0.5) is 5.95 Å². The predicted molar refractivity (Wildman–Crippen MR) is 54.2 cm³/mol. The van der Waals surface area contributed by atoms with Crippen molar-refractivity contribution in [2.24, 2.45) is 0 Å². The maximum absolute atomic E-state index is 11.0. The van der Waals surface area contributed by atoms with Crippen molar-refractivity contribution in [3.05, 3.63) is 18.0 Å². The molecule has 0 bridgehead atoms. The Balaban J connectivity index is 2.58. The van der Waals surface area contributed by atoms with E-state index in [9.17, 15) is 9.13 Å². The molecule has 0 amide bonds. The zero-order valence-electron chi connectivity index (χ0n) is 8.20. The van der Waals surface area contributed by atoms with E-state index in [4.69, 9.17) is 20.4 Å². The SMILES string of the molecule is Nc1ncc(COP(=O)(O)OP(=O)(O)O)cn1. The highest BCUT2D eigenvalue weighted by Crippen LogP contribution is 2.57.